The number of furan rings is 1. The van der Waals surface area contributed by atoms with Crippen LogP contribution in [0.3, 0.4) is 0 Å². The maximum Gasteiger partial charge on any atom is 0.227 e. The minimum Gasteiger partial charge on any atom is -0.437 e. The second-order valence-corrected chi connectivity index (χ2v) is 14.5. The number of benzene rings is 6. The molecular formula is C48H41N3O. The topological polar surface area (TPSA) is 43.9 Å². The smallest absolute Gasteiger partial charge is 0.227 e. The average molecular weight is 683 g/mol. The molecule has 0 saturated heterocycles. The number of hydrogen-bond acceptors (Lipinski definition) is 3. The van der Waals surface area contributed by atoms with Gasteiger partial charge in [0.15, 0.2) is 0 Å². The Morgan fingerprint density at radius 2 is 1.50 bits per heavy atom. The minimum atomic E-state index is -2.49. The Hall–Kier alpha value is -5.74. The van der Waals surface area contributed by atoms with Crippen molar-refractivity contribution in [2.75, 3.05) is 0 Å². The summed E-state index contributed by atoms with van der Waals surface area (Å²) in [6.45, 7) is 6.07. The maximum atomic E-state index is 9.33. The van der Waals surface area contributed by atoms with E-state index in [-0.39, 0.29) is 29.4 Å². The van der Waals surface area contributed by atoms with Gasteiger partial charge in [-0.15, -0.1) is 0 Å². The molecule has 0 atom stereocenters. The highest BCUT2D eigenvalue weighted by Crippen LogP contribution is 2.45. The zero-order chi connectivity index (χ0) is 41.3. The third kappa shape index (κ3) is 4.60. The fourth-order valence-corrected chi connectivity index (χ4v) is 8.11. The van der Waals surface area contributed by atoms with E-state index in [9.17, 15) is 2.74 Å². The molecule has 3 aromatic heterocycles. The molecule has 52 heavy (non-hydrogen) atoms. The van der Waals surface area contributed by atoms with Crippen LogP contribution in [0.1, 0.15) is 83.4 Å². The highest BCUT2D eigenvalue weighted by atomic mass is 16.3. The van der Waals surface area contributed by atoms with Crippen LogP contribution < -0.4 is 0 Å². The number of pyridine rings is 1. The summed E-state index contributed by atoms with van der Waals surface area (Å²) in [5.74, 6) is 0.447. The van der Waals surface area contributed by atoms with Crippen LogP contribution in [0.25, 0.3) is 83.0 Å². The van der Waals surface area contributed by atoms with Crippen molar-refractivity contribution in [3.63, 3.8) is 0 Å². The van der Waals surface area contributed by atoms with Gasteiger partial charge in [-0.05, 0) is 113 Å². The molecular weight excluding hydrogens is 635 g/mol. The molecule has 0 radical (unpaired) electrons. The summed E-state index contributed by atoms with van der Waals surface area (Å²) in [5.41, 5.74) is 8.53. The maximum absolute atomic E-state index is 9.33. The largest absolute Gasteiger partial charge is 0.437 e. The van der Waals surface area contributed by atoms with Crippen LogP contribution in [0.15, 0.2) is 114 Å². The van der Waals surface area contributed by atoms with E-state index >= 15 is 0 Å². The molecule has 0 bridgehead atoms. The zero-order valence-electron chi connectivity index (χ0n) is 36.5. The molecule has 6 aromatic carbocycles. The zero-order valence-corrected chi connectivity index (χ0v) is 29.5. The van der Waals surface area contributed by atoms with Gasteiger partial charge < -0.3 is 4.42 Å². The fourth-order valence-electron chi connectivity index (χ4n) is 8.11. The van der Waals surface area contributed by atoms with Crippen LogP contribution in [0.2, 0.25) is 0 Å². The summed E-state index contributed by atoms with van der Waals surface area (Å²) < 4.78 is 71.4. The van der Waals surface area contributed by atoms with Crippen LogP contribution in [-0.2, 0) is 12.7 Å². The Balaban J connectivity index is 1.38. The van der Waals surface area contributed by atoms with E-state index in [4.69, 9.17) is 21.2 Å². The molecule has 0 unspecified atom stereocenters. The molecule has 254 valence electrons. The first-order valence-corrected chi connectivity index (χ1v) is 18.0. The van der Waals surface area contributed by atoms with Gasteiger partial charge in [-0.2, -0.15) is 0 Å². The van der Waals surface area contributed by atoms with Crippen molar-refractivity contribution in [2.24, 2.45) is 0 Å². The Kier molecular flexibility index (Phi) is 5.47. The molecule has 1 aliphatic carbocycles. The van der Waals surface area contributed by atoms with Crippen molar-refractivity contribution in [3.8, 4) is 28.2 Å². The number of nitrogens with zero attached hydrogens (tertiary/aromatic N) is 3. The number of rotatable bonds is 5. The number of fused-ring (bicyclic) bond motifs is 9. The van der Waals surface area contributed by atoms with E-state index in [0.29, 0.717) is 50.1 Å². The fraction of sp³-hybridized carbons (Fsp3) is 0.208. The lowest BCUT2D eigenvalue weighted by atomic mass is 9.88. The van der Waals surface area contributed by atoms with Gasteiger partial charge in [0.2, 0.25) is 5.71 Å². The molecule has 0 amide bonds. The van der Waals surface area contributed by atoms with E-state index in [1.807, 2.05) is 65.2 Å². The summed E-state index contributed by atoms with van der Waals surface area (Å²) in [6, 6.07) is 35.4. The molecule has 9 aromatic rings. The van der Waals surface area contributed by atoms with Gasteiger partial charge in [-0.1, -0.05) is 107 Å². The van der Waals surface area contributed by atoms with Gasteiger partial charge in [-0.3, -0.25) is 4.57 Å². The number of imidazole rings is 1. The van der Waals surface area contributed by atoms with Crippen LogP contribution in [-0.4, -0.2) is 14.5 Å². The number of hydrogen-bond donors (Lipinski definition) is 0. The summed E-state index contributed by atoms with van der Waals surface area (Å²) >= 11 is 0. The molecule has 0 fully saturated rings. The van der Waals surface area contributed by atoms with Gasteiger partial charge in [0, 0.05) is 31.1 Å². The molecule has 0 saturated carbocycles. The molecule has 0 N–H and O–H groups in total. The molecule has 0 aliphatic heterocycles. The molecule has 3 heterocycles. The highest BCUT2D eigenvalue weighted by Gasteiger charge is 2.29. The molecule has 1 aliphatic rings. The second kappa shape index (κ2) is 11.6. The minimum absolute atomic E-state index is 0.00651. The SMILES string of the molecule is [2H]C([2H])([2H])c1ccc(-c2nc3ccc4c(c3n2-c2c(C(C)C)cc(-c3ccccc3)cc2C(C)C)C([2H])([2H])CC4([2H])[2H])c2oc3nc4c(ccc5ccccc54)cc3c12. The Morgan fingerprint density at radius 1 is 0.731 bits per heavy atom. The van der Waals surface area contributed by atoms with Crippen LogP contribution in [0, 0.1) is 6.85 Å². The van der Waals surface area contributed by atoms with Crippen molar-refractivity contribution < 1.29 is 14.0 Å². The quantitative estimate of drug-likeness (QED) is 0.170. The average Bonchev–Trinajstić information content (AvgIpc) is 3.82. The van der Waals surface area contributed by atoms with Gasteiger partial charge in [0.05, 0.1) is 27.8 Å². The molecule has 4 nitrogen and oxygen atoms in total. The van der Waals surface area contributed by atoms with E-state index in [1.54, 1.807) is 24.3 Å². The predicted molar refractivity (Wildman–Crippen MR) is 217 cm³/mol. The van der Waals surface area contributed by atoms with Gasteiger partial charge in [-0.25, -0.2) is 9.97 Å². The summed E-state index contributed by atoms with van der Waals surface area (Å²) in [5, 5.41) is 3.82. The molecule has 0 spiro atoms. The van der Waals surface area contributed by atoms with Crippen LogP contribution in [0.4, 0.5) is 0 Å². The lowest BCUT2D eigenvalue weighted by Gasteiger charge is -2.25. The van der Waals surface area contributed by atoms with Crippen LogP contribution in [0.5, 0.6) is 0 Å². The van der Waals surface area contributed by atoms with E-state index in [1.165, 1.54) is 0 Å². The first kappa shape index (κ1) is 24.4. The van der Waals surface area contributed by atoms with Crippen molar-refractivity contribution in [3.05, 3.63) is 137 Å². The normalized spacial score (nSPS) is 17.4. The van der Waals surface area contributed by atoms with E-state index < -0.39 is 19.6 Å². The van der Waals surface area contributed by atoms with Gasteiger partial charge >= 0.3 is 0 Å². The molecule has 4 heteroatoms. The first-order chi connectivity index (χ1) is 28.0. The number of aromatic nitrogens is 3. The Bertz CT molecular complexity index is 3170. The summed E-state index contributed by atoms with van der Waals surface area (Å²) in [6.07, 6.45) is -4.25. The van der Waals surface area contributed by atoms with Crippen LogP contribution >= 0.6 is 0 Å². The van der Waals surface area contributed by atoms with Gasteiger partial charge in [0.25, 0.3) is 0 Å². The predicted octanol–water partition coefficient (Wildman–Crippen LogP) is 13.0. The lowest BCUT2D eigenvalue weighted by Crippen LogP contribution is -2.10. The third-order valence-corrected chi connectivity index (χ3v) is 10.6. The van der Waals surface area contributed by atoms with Crippen molar-refractivity contribution in [2.45, 2.75) is 65.5 Å². The lowest BCUT2D eigenvalue weighted by molar-refractivity contribution is 0.656. The van der Waals surface area contributed by atoms with Crippen molar-refractivity contribution >= 4 is 54.8 Å². The van der Waals surface area contributed by atoms with E-state index in [2.05, 4.69) is 52.0 Å². The van der Waals surface area contributed by atoms with Gasteiger partial charge in [0.1, 0.15) is 11.4 Å². The highest BCUT2D eigenvalue weighted by molar-refractivity contribution is 6.15. The monoisotopic (exact) mass is 682 g/mol. The Labute approximate surface area is 313 Å². The van der Waals surface area contributed by atoms with Crippen molar-refractivity contribution in [1.29, 1.82) is 0 Å². The first-order valence-electron chi connectivity index (χ1n) is 21.5. The molecule has 10 rings (SSSR count). The second-order valence-electron chi connectivity index (χ2n) is 14.5. The third-order valence-electron chi connectivity index (χ3n) is 10.6. The van der Waals surface area contributed by atoms with E-state index in [0.717, 1.165) is 49.6 Å². The standard InChI is InChI=1S/C48H41N3O/c1-27(2)38-25-34(30-12-7-6-8-13-30)26-39(28(3)4)44(38)51-45-36-17-11-15-32(36)21-23-41(45)49-47(51)37-22-18-29(5)42-40-24-33-20-19-31-14-9-10-16-35(31)43(33)50-48(40)52-46(37)42/h6-10,12-14,16,18-28H,11,15,17H2,1-5H3/i5D3,15D2,17D2. The van der Waals surface area contributed by atoms with Crippen molar-refractivity contribution in [1.82, 2.24) is 14.5 Å². The summed E-state index contributed by atoms with van der Waals surface area (Å²) in [7, 11) is 0. The summed E-state index contributed by atoms with van der Waals surface area (Å²) in [4.78, 5) is 10.3. The number of aryl methyl sites for hydroxylation is 3. The Morgan fingerprint density at radius 3 is 2.29 bits per heavy atom.